The second kappa shape index (κ2) is 7.18. The molecule has 0 aliphatic heterocycles. The van der Waals surface area contributed by atoms with Crippen LogP contribution in [0.3, 0.4) is 0 Å². The quantitative estimate of drug-likeness (QED) is 0.806. The Balaban J connectivity index is 1.83. The number of hydrogen-bond donors (Lipinski definition) is 2. The molecule has 0 radical (unpaired) electrons. The topological polar surface area (TPSA) is 115 Å². The van der Waals surface area contributed by atoms with Crippen LogP contribution in [0.1, 0.15) is 11.4 Å². The van der Waals surface area contributed by atoms with Crippen LogP contribution in [0.25, 0.3) is 0 Å². The van der Waals surface area contributed by atoms with Crippen LogP contribution in [0.2, 0.25) is 0 Å². The molecule has 10 heteroatoms. The lowest BCUT2D eigenvalue weighted by molar-refractivity contribution is -0.113. The summed E-state index contributed by atoms with van der Waals surface area (Å²) in [7, 11) is -3.72. The van der Waals surface area contributed by atoms with Crippen LogP contribution >= 0.6 is 23.5 Å². The van der Waals surface area contributed by atoms with Gasteiger partial charge in [0, 0.05) is 11.4 Å². The summed E-state index contributed by atoms with van der Waals surface area (Å²) in [5.74, 6) is 0.725. The van der Waals surface area contributed by atoms with Gasteiger partial charge in [0.1, 0.15) is 0 Å². The van der Waals surface area contributed by atoms with E-state index in [1.807, 2.05) is 6.92 Å². The second-order valence-corrected chi connectivity index (χ2v) is 7.48. The van der Waals surface area contributed by atoms with Gasteiger partial charge in [0.15, 0.2) is 0 Å². The molecule has 0 spiro atoms. The molecule has 1 heterocycles. The van der Waals surface area contributed by atoms with Gasteiger partial charge < -0.3 is 5.32 Å². The minimum Gasteiger partial charge on any atom is -0.325 e. The van der Waals surface area contributed by atoms with E-state index in [0.29, 0.717) is 11.4 Å². The zero-order chi connectivity index (χ0) is 16.2. The Morgan fingerprint density at radius 1 is 1.32 bits per heavy atom. The average molecular weight is 358 g/mol. The van der Waals surface area contributed by atoms with Crippen LogP contribution in [0.15, 0.2) is 29.2 Å². The van der Waals surface area contributed by atoms with Crippen molar-refractivity contribution in [2.75, 3.05) is 11.1 Å². The number of amides is 1. The normalized spacial score (nSPS) is 11.4. The summed E-state index contributed by atoms with van der Waals surface area (Å²) >= 11 is 2.59. The molecular weight excluding hydrogens is 344 g/mol. The minimum atomic E-state index is -3.72. The molecular formula is C12H14N4O3S3. The number of nitrogens with two attached hydrogens (primary N) is 1. The highest BCUT2D eigenvalue weighted by Crippen LogP contribution is 2.16. The van der Waals surface area contributed by atoms with Crippen molar-refractivity contribution in [3.8, 4) is 0 Å². The number of benzene rings is 1. The van der Waals surface area contributed by atoms with E-state index >= 15 is 0 Å². The maximum atomic E-state index is 11.8. The van der Waals surface area contributed by atoms with Gasteiger partial charge in [-0.2, -0.15) is 8.75 Å². The Labute approximate surface area is 136 Å². The smallest absolute Gasteiger partial charge is 0.238 e. The first-order valence-corrected chi connectivity index (χ1v) is 9.58. The van der Waals surface area contributed by atoms with E-state index in [4.69, 9.17) is 5.14 Å². The summed E-state index contributed by atoms with van der Waals surface area (Å²) in [5.41, 5.74) is 2.29. The molecule has 7 nitrogen and oxygen atoms in total. The summed E-state index contributed by atoms with van der Waals surface area (Å²) in [6.45, 7) is 1.88. The molecule has 0 aliphatic carbocycles. The fraction of sp³-hybridized carbons (Fsp3) is 0.250. The van der Waals surface area contributed by atoms with E-state index in [0.717, 1.165) is 23.1 Å². The van der Waals surface area contributed by atoms with Crippen LogP contribution in [0.5, 0.6) is 0 Å². The predicted octanol–water partition coefficient (Wildman–Crippen LogP) is 1.37. The Morgan fingerprint density at radius 2 is 2.00 bits per heavy atom. The van der Waals surface area contributed by atoms with Crippen molar-refractivity contribution in [2.45, 2.75) is 17.6 Å². The fourth-order valence-electron chi connectivity index (χ4n) is 1.55. The second-order valence-electron chi connectivity index (χ2n) is 4.41. The molecule has 0 bridgehead atoms. The monoisotopic (exact) mass is 358 g/mol. The largest absolute Gasteiger partial charge is 0.325 e. The van der Waals surface area contributed by atoms with Crippen LogP contribution in [-0.2, 0) is 20.6 Å². The molecule has 1 amide bonds. The SMILES string of the molecule is Cc1nsnc1CSCC(=O)Nc1ccc(S(N)(=O)=O)cc1. The maximum absolute atomic E-state index is 11.8. The highest BCUT2D eigenvalue weighted by Gasteiger charge is 2.09. The van der Waals surface area contributed by atoms with Crippen molar-refractivity contribution >= 4 is 45.1 Å². The van der Waals surface area contributed by atoms with E-state index in [9.17, 15) is 13.2 Å². The van der Waals surface area contributed by atoms with Crippen LogP contribution < -0.4 is 10.5 Å². The van der Waals surface area contributed by atoms with Crippen LogP contribution in [0.4, 0.5) is 5.69 Å². The molecule has 0 aliphatic rings. The molecule has 1 aromatic carbocycles. The maximum Gasteiger partial charge on any atom is 0.238 e. The summed E-state index contributed by atoms with van der Waals surface area (Å²) in [6, 6.07) is 5.69. The van der Waals surface area contributed by atoms with Crippen molar-refractivity contribution in [1.29, 1.82) is 0 Å². The van der Waals surface area contributed by atoms with Gasteiger partial charge in [-0.05, 0) is 31.2 Å². The molecule has 22 heavy (non-hydrogen) atoms. The fourth-order valence-corrected chi connectivity index (χ4v) is 3.53. The number of carbonyl (C=O) groups excluding carboxylic acids is 1. The van der Waals surface area contributed by atoms with Gasteiger partial charge in [-0.15, -0.1) is 11.8 Å². The molecule has 2 rings (SSSR count). The van der Waals surface area contributed by atoms with Crippen LogP contribution in [0, 0.1) is 6.92 Å². The van der Waals surface area contributed by atoms with Gasteiger partial charge in [-0.3, -0.25) is 4.79 Å². The zero-order valence-corrected chi connectivity index (χ0v) is 14.1. The Morgan fingerprint density at radius 3 is 2.55 bits per heavy atom. The molecule has 1 aromatic heterocycles. The zero-order valence-electron chi connectivity index (χ0n) is 11.6. The highest BCUT2D eigenvalue weighted by atomic mass is 32.2. The number of thioether (sulfide) groups is 1. The van der Waals surface area contributed by atoms with E-state index < -0.39 is 10.0 Å². The summed E-state index contributed by atoms with van der Waals surface area (Å²) in [6.07, 6.45) is 0. The van der Waals surface area contributed by atoms with Gasteiger partial charge >= 0.3 is 0 Å². The van der Waals surface area contributed by atoms with Crippen LogP contribution in [-0.4, -0.2) is 28.8 Å². The number of primary sulfonamides is 1. The number of aryl methyl sites for hydroxylation is 1. The van der Waals surface area contributed by atoms with E-state index in [2.05, 4.69) is 14.1 Å². The van der Waals surface area contributed by atoms with Crippen molar-refractivity contribution < 1.29 is 13.2 Å². The molecule has 0 saturated heterocycles. The van der Waals surface area contributed by atoms with Crippen molar-refractivity contribution in [3.63, 3.8) is 0 Å². The first-order chi connectivity index (χ1) is 10.4. The summed E-state index contributed by atoms with van der Waals surface area (Å²) in [5, 5.41) is 7.69. The van der Waals surface area contributed by atoms with E-state index in [1.165, 1.54) is 36.0 Å². The molecule has 0 atom stereocenters. The van der Waals surface area contributed by atoms with Gasteiger partial charge in [0.05, 0.1) is 33.8 Å². The number of nitrogens with one attached hydrogen (secondary N) is 1. The third-order valence-electron chi connectivity index (χ3n) is 2.68. The Hall–Kier alpha value is -1.49. The number of nitrogens with zero attached hydrogens (tertiary/aromatic N) is 2. The first kappa shape index (κ1) is 16.9. The summed E-state index contributed by atoms with van der Waals surface area (Å²) in [4.78, 5) is 11.8. The van der Waals surface area contributed by atoms with E-state index in [-0.39, 0.29) is 16.6 Å². The molecule has 0 unspecified atom stereocenters. The number of hydrogen-bond acceptors (Lipinski definition) is 7. The number of sulfonamides is 1. The minimum absolute atomic E-state index is 0.00591. The number of aromatic nitrogens is 2. The lowest BCUT2D eigenvalue weighted by Crippen LogP contribution is -2.15. The molecule has 0 fully saturated rings. The molecule has 118 valence electrons. The number of anilines is 1. The Bertz CT molecular complexity index is 756. The molecule has 0 saturated carbocycles. The predicted molar refractivity (Wildman–Crippen MR) is 87.3 cm³/mol. The number of carbonyl (C=O) groups is 1. The van der Waals surface area contributed by atoms with Gasteiger partial charge in [-0.1, -0.05) is 0 Å². The highest BCUT2D eigenvalue weighted by molar-refractivity contribution is 7.99. The average Bonchev–Trinajstić information content (AvgIpc) is 2.84. The molecule has 3 N–H and O–H groups in total. The van der Waals surface area contributed by atoms with Crippen molar-refractivity contribution in [1.82, 2.24) is 8.75 Å². The van der Waals surface area contributed by atoms with Crippen molar-refractivity contribution in [2.24, 2.45) is 5.14 Å². The summed E-state index contributed by atoms with van der Waals surface area (Å²) < 4.78 is 30.5. The van der Waals surface area contributed by atoms with Gasteiger partial charge in [0.2, 0.25) is 15.9 Å². The standard InChI is InChI=1S/C12H14N4O3S3/c1-8-11(16-21-15-8)6-20-7-12(17)14-9-2-4-10(5-3-9)22(13,18)19/h2-5H,6-7H2,1H3,(H,14,17)(H2,13,18,19). The third kappa shape index (κ3) is 4.77. The molecule has 2 aromatic rings. The van der Waals surface area contributed by atoms with Crippen molar-refractivity contribution in [3.05, 3.63) is 35.7 Å². The lowest BCUT2D eigenvalue weighted by Gasteiger charge is -2.05. The Kier molecular flexibility index (Phi) is 5.51. The van der Waals surface area contributed by atoms with Gasteiger partial charge in [0.25, 0.3) is 0 Å². The lowest BCUT2D eigenvalue weighted by atomic mass is 10.3. The number of rotatable bonds is 6. The van der Waals surface area contributed by atoms with E-state index in [1.54, 1.807) is 0 Å². The van der Waals surface area contributed by atoms with Gasteiger partial charge in [-0.25, -0.2) is 13.6 Å². The third-order valence-corrected chi connectivity index (χ3v) is 5.22. The first-order valence-electron chi connectivity index (χ1n) is 6.15.